The van der Waals surface area contributed by atoms with Crippen LogP contribution in [0.5, 0.6) is 0 Å². The van der Waals surface area contributed by atoms with Crippen LogP contribution in [0.15, 0.2) is 12.2 Å². The minimum absolute atomic E-state index is 0.152. The van der Waals surface area contributed by atoms with Crippen molar-refractivity contribution in [2.45, 2.75) is 32.5 Å². The van der Waals surface area contributed by atoms with E-state index in [9.17, 15) is 9.90 Å². The molecule has 0 spiro atoms. The molecule has 12 heavy (non-hydrogen) atoms. The van der Waals surface area contributed by atoms with Gasteiger partial charge in [0.2, 0.25) is 0 Å². The lowest BCUT2D eigenvalue weighted by Gasteiger charge is -2.25. The molecule has 0 heterocycles. The zero-order chi connectivity index (χ0) is 9.14. The summed E-state index contributed by atoms with van der Waals surface area (Å²) in [6, 6.07) is 0. The van der Waals surface area contributed by atoms with Crippen LogP contribution in [0.2, 0.25) is 0 Å². The van der Waals surface area contributed by atoms with Gasteiger partial charge in [0, 0.05) is 6.92 Å². The van der Waals surface area contributed by atoms with E-state index in [2.05, 4.69) is 0 Å². The lowest BCUT2D eigenvalue weighted by Crippen LogP contribution is -2.27. The first kappa shape index (κ1) is 9.26. The van der Waals surface area contributed by atoms with Gasteiger partial charge in [-0.25, -0.2) is 0 Å². The van der Waals surface area contributed by atoms with Crippen LogP contribution in [0.25, 0.3) is 0 Å². The van der Waals surface area contributed by atoms with Gasteiger partial charge in [-0.1, -0.05) is 13.0 Å². The summed E-state index contributed by atoms with van der Waals surface area (Å²) in [5, 5.41) is 9.30. The standard InChI is InChI=1S/C9H14O3/c1-6-5-8(12-7(2)10)3-4-9(6)11/h3-4,6,8-9,11H,5H2,1-2H3. The van der Waals surface area contributed by atoms with E-state index in [-0.39, 0.29) is 18.0 Å². The second-order valence-corrected chi connectivity index (χ2v) is 3.24. The maximum absolute atomic E-state index is 10.6. The Bertz CT molecular complexity index is 198. The normalized spacial score (nSPS) is 34.8. The van der Waals surface area contributed by atoms with Crippen molar-refractivity contribution in [3.63, 3.8) is 0 Å². The molecule has 1 N–H and O–H groups in total. The number of esters is 1. The molecule has 0 aromatic heterocycles. The number of aliphatic hydroxyl groups is 1. The van der Waals surface area contributed by atoms with Crippen LogP contribution in [0.1, 0.15) is 20.3 Å². The summed E-state index contributed by atoms with van der Waals surface area (Å²) < 4.78 is 4.97. The second kappa shape index (κ2) is 3.72. The Labute approximate surface area is 72.0 Å². The zero-order valence-electron chi connectivity index (χ0n) is 7.36. The molecule has 1 rings (SSSR count). The van der Waals surface area contributed by atoms with Gasteiger partial charge in [0.25, 0.3) is 0 Å². The van der Waals surface area contributed by atoms with E-state index < -0.39 is 6.10 Å². The van der Waals surface area contributed by atoms with E-state index in [1.54, 1.807) is 12.2 Å². The number of aliphatic hydroxyl groups excluding tert-OH is 1. The Balaban J connectivity index is 2.49. The molecule has 1 aliphatic carbocycles. The summed E-state index contributed by atoms with van der Waals surface area (Å²) in [6.07, 6.45) is 3.59. The van der Waals surface area contributed by atoms with E-state index >= 15 is 0 Å². The average molecular weight is 170 g/mol. The van der Waals surface area contributed by atoms with Gasteiger partial charge >= 0.3 is 5.97 Å². The van der Waals surface area contributed by atoms with Crippen LogP contribution < -0.4 is 0 Å². The first-order valence-electron chi connectivity index (χ1n) is 4.13. The van der Waals surface area contributed by atoms with Crippen molar-refractivity contribution < 1.29 is 14.6 Å². The topological polar surface area (TPSA) is 46.5 Å². The quantitative estimate of drug-likeness (QED) is 0.469. The highest BCUT2D eigenvalue weighted by atomic mass is 16.5. The molecule has 0 bridgehead atoms. The Morgan fingerprint density at radius 3 is 2.75 bits per heavy atom. The van der Waals surface area contributed by atoms with Crippen molar-refractivity contribution in [2.24, 2.45) is 5.92 Å². The number of hydrogen-bond acceptors (Lipinski definition) is 3. The number of rotatable bonds is 1. The van der Waals surface area contributed by atoms with Crippen LogP contribution in [0.3, 0.4) is 0 Å². The van der Waals surface area contributed by atoms with Crippen molar-refractivity contribution in [1.29, 1.82) is 0 Å². The minimum atomic E-state index is -0.392. The van der Waals surface area contributed by atoms with E-state index in [4.69, 9.17) is 4.74 Å². The molecule has 3 heteroatoms. The monoisotopic (exact) mass is 170 g/mol. The third kappa shape index (κ3) is 2.34. The van der Waals surface area contributed by atoms with Gasteiger partial charge in [-0.2, -0.15) is 0 Å². The second-order valence-electron chi connectivity index (χ2n) is 3.24. The highest BCUT2D eigenvalue weighted by molar-refractivity contribution is 5.66. The largest absolute Gasteiger partial charge is 0.458 e. The molecule has 0 saturated carbocycles. The molecule has 0 aromatic rings. The van der Waals surface area contributed by atoms with Crippen LogP contribution in [-0.4, -0.2) is 23.3 Å². The lowest BCUT2D eigenvalue weighted by molar-refractivity contribution is -0.145. The van der Waals surface area contributed by atoms with E-state index in [1.807, 2.05) is 6.92 Å². The van der Waals surface area contributed by atoms with Gasteiger partial charge in [0.05, 0.1) is 6.10 Å². The molecule has 0 radical (unpaired) electrons. The molecular formula is C9H14O3. The maximum atomic E-state index is 10.6. The van der Waals surface area contributed by atoms with E-state index in [0.717, 1.165) is 0 Å². The van der Waals surface area contributed by atoms with Crippen molar-refractivity contribution in [3.05, 3.63) is 12.2 Å². The first-order valence-corrected chi connectivity index (χ1v) is 4.13. The fourth-order valence-electron chi connectivity index (χ4n) is 1.31. The average Bonchev–Trinajstić information content (AvgIpc) is 1.96. The van der Waals surface area contributed by atoms with Crippen LogP contribution in [-0.2, 0) is 9.53 Å². The Morgan fingerprint density at radius 2 is 2.25 bits per heavy atom. The highest BCUT2D eigenvalue weighted by Gasteiger charge is 2.22. The van der Waals surface area contributed by atoms with Crippen molar-refractivity contribution in [3.8, 4) is 0 Å². The molecular weight excluding hydrogens is 156 g/mol. The van der Waals surface area contributed by atoms with Crippen LogP contribution in [0, 0.1) is 5.92 Å². The molecule has 0 fully saturated rings. The molecule has 0 aliphatic heterocycles. The molecule has 3 unspecified atom stereocenters. The molecule has 68 valence electrons. The Hall–Kier alpha value is -0.830. The molecule has 3 atom stereocenters. The fourth-order valence-corrected chi connectivity index (χ4v) is 1.31. The van der Waals surface area contributed by atoms with Crippen molar-refractivity contribution in [2.75, 3.05) is 0 Å². The van der Waals surface area contributed by atoms with Gasteiger partial charge in [-0.3, -0.25) is 4.79 Å². The number of hydrogen-bond donors (Lipinski definition) is 1. The lowest BCUT2D eigenvalue weighted by atomic mass is 9.92. The van der Waals surface area contributed by atoms with Gasteiger partial charge in [-0.15, -0.1) is 0 Å². The minimum Gasteiger partial charge on any atom is -0.458 e. The van der Waals surface area contributed by atoms with E-state index in [1.165, 1.54) is 6.92 Å². The highest BCUT2D eigenvalue weighted by Crippen LogP contribution is 2.20. The summed E-state index contributed by atoms with van der Waals surface area (Å²) in [5.41, 5.74) is 0. The summed E-state index contributed by atoms with van der Waals surface area (Å²) in [7, 11) is 0. The number of ether oxygens (including phenoxy) is 1. The van der Waals surface area contributed by atoms with Crippen LogP contribution in [0.4, 0.5) is 0 Å². The SMILES string of the molecule is CC(=O)OC1C=CC(O)C(C)C1. The van der Waals surface area contributed by atoms with Crippen molar-refractivity contribution in [1.82, 2.24) is 0 Å². The molecule has 3 nitrogen and oxygen atoms in total. The third-order valence-corrected chi connectivity index (χ3v) is 2.03. The maximum Gasteiger partial charge on any atom is 0.303 e. The van der Waals surface area contributed by atoms with E-state index in [0.29, 0.717) is 6.42 Å². The number of carbonyl (C=O) groups is 1. The Kier molecular flexibility index (Phi) is 2.87. The predicted molar refractivity (Wildman–Crippen MR) is 44.5 cm³/mol. The van der Waals surface area contributed by atoms with Gasteiger partial charge in [0.15, 0.2) is 0 Å². The summed E-state index contributed by atoms with van der Waals surface area (Å²) in [6.45, 7) is 3.33. The van der Waals surface area contributed by atoms with Gasteiger partial charge in [-0.05, 0) is 18.4 Å². The molecule has 0 saturated heterocycles. The predicted octanol–water partition coefficient (Wildman–Crippen LogP) is 0.875. The van der Waals surface area contributed by atoms with Gasteiger partial charge in [0.1, 0.15) is 6.10 Å². The molecule has 0 amide bonds. The molecule has 0 aromatic carbocycles. The third-order valence-electron chi connectivity index (χ3n) is 2.03. The molecule has 1 aliphatic rings. The summed E-state index contributed by atoms with van der Waals surface area (Å²) in [4.78, 5) is 10.6. The van der Waals surface area contributed by atoms with Gasteiger partial charge < -0.3 is 9.84 Å². The smallest absolute Gasteiger partial charge is 0.303 e. The first-order chi connectivity index (χ1) is 5.59. The van der Waals surface area contributed by atoms with Crippen LogP contribution >= 0.6 is 0 Å². The summed E-state index contributed by atoms with van der Waals surface area (Å²) in [5.74, 6) is -0.104. The number of carbonyl (C=O) groups excluding carboxylic acids is 1. The Morgan fingerprint density at radius 1 is 1.58 bits per heavy atom. The zero-order valence-corrected chi connectivity index (χ0v) is 7.36. The fraction of sp³-hybridized carbons (Fsp3) is 0.667. The summed E-state index contributed by atoms with van der Waals surface area (Å²) >= 11 is 0. The van der Waals surface area contributed by atoms with Crippen molar-refractivity contribution >= 4 is 5.97 Å².